The van der Waals surface area contributed by atoms with E-state index >= 15 is 0 Å². The summed E-state index contributed by atoms with van der Waals surface area (Å²) < 4.78 is 0. The lowest BCUT2D eigenvalue weighted by Gasteiger charge is -2.09. The van der Waals surface area contributed by atoms with Gasteiger partial charge in [0.15, 0.2) is 0 Å². The standard InChI is InChI=1S/C14H15NS/c15-10-14(16)13-8-6-12(7-9-13)11-4-2-1-3-5-11/h1-9,14,16H,10,15H2. The number of hydrogen-bond acceptors (Lipinski definition) is 2. The van der Waals surface area contributed by atoms with E-state index in [1.807, 2.05) is 18.2 Å². The van der Waals surface area contributed by atoms with Crippen molar-refractivity contribution in [2.24, 2.45) is 5.73 Å². The van der Waals surface area contributed by atoms with Crippen LogP contribution in [0, 0.1) is 0 Å². The van der Waals surface area contributed by atoms with Crippen molar-refractivity contribution in [3.63, 3.8) is 0 Å². The fourth-order valence-corrected chi connectivity index (χ4v) is 1.84. The van der Waals surface area contributed by atoms with Crippen LogP contribution in [-0.4, -0.2) is 6.54 Å². The van der Waals surface area contributed by atoms with E-state index in [2.05, 4.69) is 49.0 Å². The predicted molar refractivity (Wildman–Crippen MR) is 72.7 cm³/mol. The van der Waals surface area contributed by atoms with Gasteiger partial charge in [0.05, 0.1) is 0 Å². The van der Waals surface area contributed by atoms with E-state index in [9.17, 15) is 0 Å². The van der Waals surface area contributed by atoms with Crippen LogP contribution in [0.3, 0.4) is 0 Å². The smallest absolute Gasteiger partial charge is 0.0389 e. The first-order chi connectivity index (χ1) is 7.81. The quantitative estimate of drug-likeness (QED) is 0.776. The van der Waals surface area contributed by atoms with Crippen molar-refractivity contribution in [3.05, 3.63) is 60.2 Å². The van der Waals surface area contributed by atoms with Crippen LogP contribution in [0.5, 0.6) is 0 Å². The second kappa shape index (κ2) is 5.19. The summed E-state index contributed by atoms with van der Waals surface area (Å²) in [7, 11) is 0. The predicted octanol–water partition coefficient (Wildman–Crippen LogP) is 3.28. The molecule has 2 rings (SSSR count). The Morgan fingerprint density at radius 3 is 2.00 bits per heavy atom. The Balaban J connectivity index is 2.26. The molecule has 2 aromatic rings. The molecule has 0 aliphatic rings. The summed E-state index contributed by atoms with van der Waals surface area (Å²) in [6, 6.07) is 18.7. The molecule has 0 bridgehead atoms. The summed E-state index contributed by atoms with van der Waals surface area (Å²) in [4.78, 5) is 0. The molecule has 16 heavy (non-hydrogen) atoms. The molecule has 0 saturated carbocycles. The lowest BCUT2D eigenvalue weighted by Crippen LogP contribution is -2.06. The molecule has 0 aliphatic carbocycles. The van der Waals surface area contributed by atoms with Crippen LogP contribution in [0.25, 0.3) is 11.1 Å². The lowest BCUT2D eigenvalue weighted by molar-refractivity contribution is 0.950. The van der Waals surface area contributed by atoms with Gasteiger partial charge in [-0.05, 0) is 16.7 Å². The molecule has 0 spiro atoms. The van der Waals surface area contributed by atoms with Crippen molar-refractivity contribution >= 4 is 12.6 Å². The third-order valence-electron chi connectivity index (χ3n) is 2.63. The second-order valence-electron chi connectivity index (χ2n) is 3.74. The van der Waals surface area contributed by atoms with Gasteiger partial charge in [-0.2, -0.15) is 12.6 Å². The summed E-state index contributed by atoms with van der Waals surface area (Å²) in [6.45, 7) is 0.563. The van der Waals surface area contributed by atoms with Crippen molar-refractivity contribution in [2.45, 2.75) is 5.25 Å². The van der Waals surface area contributed by atoms with Gasteiger partial charge in [0.1, 0.15) is 0 Å². The molecule has 0 saturated heterocycles. The Labute approximate surface area is 102 Å². The molecule has 0 aliphatic heterocycles. The number of rotatable bonds is 3. The van der Waals surface area contributed by atoms with Crippen LogP contribution >= 0.6 is 12.6 Å². The Hall–Kier alpha value is -1.25. The Morgan fingerprint density at radius 1 is 0.875 bits per heavy atom. The van der Waals surface area contributed by atoms with Crippen molar-refractivity contribution in [3.8, 4) is 11.1 Å². The van der Waals surface area contributed by atoms with Crippen molar-refractivity contribution in [1.82, 2.24) is 0 Å². The highest BCUT2D eigenvalue weighted by atomic mass is 32.1. The molecule has 0 fully saturated rings. The van der Waals surface area contributed by atoms with Crippen LogP contribution < -0.4 is 5.73 Å². The van der Waals surface area contributed by atoms with Gasteiger partial charge in [-0.25, -0.2) is 0 Å². The highest BCUT2D eigenvalue weighted by molar-refractivity contribution is 7.80. The average Bonchev–Trinajstić information content (AvgIpc) is 2.39. The summed E-state index contributed by atoms with van der Waals surface area (Å²) in [5, 5.41) is 0.129. The number of thiol groups is 1. The van der Waals surface area contributed by atoms with Crippen molar-refractivity contribution in [2.75, 3.05) is 6.54 Å². The van der Waals surface area contributed by atoms with Crippen LogP contribution in [0.15, 0.2) is 54.6 Å². The van der Waals surface area contributed by atoms with E-state index in [0.717, 1.165) is 0 Å². The molecular weight excluding hydrogens is 214 g/mol. The lowest BCUT2D eigenvalue weighted by atomic mass is 10.0. The van der Waals surface area contributed by atoms with Crippen LogP contribution in [-0.2, 0) is 0 Å². The fraction of sp³-hybridized carbons (Fsp3) is 0.143. The Kier molecular flexibility index (Phi) is 3.65. The maximum Gasteiger partial charge on any atom is 0.0389 e. The van der Waals surface area contributed by atoms with E-state index in [4.69, 9.17) is 5.73 Å². The number of nitrogens with two attached hydrogens (primary N) is 1. The van der Waals surface area contributed by atoms with Crippen LogP contribution in [0.2, 0.25) is 0 Å². The van der Waals surface area contributed by atoms with Gasteiger partial charge < -0.3 is 5.73 Å². The van der Waals surface area contributed by atoms with Gasteiger partial charge in [-0.3, -0.25) is 0 Å². The minimum absolute atomic E-state index is 0.129. The van der Waals surface area contributed by atoms with Crippen LogP contribution in [0.4, 0.5) is 0 Å². The van der Waals surface area contributed by atoms with Crippen molar-refractivity contribution in [1.29, 1.82) is 0 Å². The molecule has 1 nitrogen and oxygen atoms in total. The summed E-state index contributed by atoms with van der Waals surface area (Å²) in [5.74, 6) is 0. The third-order valence-corrected chi connectivity index (χ3v) is 3.13. The molecule has 2 N–H and O–H groups in total. The Morgan fingerprint density at radius 2 is 1.44 bits per heavy atom. The monoisotopic (exact) mass is 229 g/mol. The molecule has 0 radical (unpaired) electrons. The molecule has 82 valence electrons. The maximum absolute atomic E-state index is 5.58. The van der Waals surface area contributed by atoms with Gasteiger partial charge >= 0.3 is 0 Å². The topological polar surface area (TPSA) is 26.0 Å². The number of benzene rings is 2. The maximum atomic E-state index is 5.58. The summed E-state index contributed by atoms with van der Waals surface area (Å²) in [5.41, 5.74) is 9.21. The normalized spacial score (nSPS) is 12.4. The van der Waals surface area contributed by atoms with Gasteiger partial charge in [0, 0.05) is 11.8 Å². The molecule has 0 amide bonds. The zero-order valence-corrected chi connectivity index (χ0v) is 9.90. The third kappa shape index (κ3) is 2.46. The molecular formula is C14H15NS. The van der Waals surface area contributed by atoms with Gasteiger partial charge in [0.25, 0.3) is 0 Å². The Bertz CT molecular complexity index is 436. The van der Waals surface area contributed by atoms with Crippen molar-refractivity contribution < 1.29 is 0 Å². The fourth-order valence-electron chi connectivity index (χ4n) is 1.66. The molecule has 0 aromatic heterocycles. The average molecular weight is 229 g/mol. The molecule has 2 heteroatoms. The summed E-state index contributed by atoms with van der Waals surface area (Å²) in [6.07, 6.45) is 0. The molecule has 0 heterocycles. The van der Waals surface area contributed by atoms with E-state index in [-0.39, 0.29) is 5.25 Å². The number of hydrogen-bond donors (Lipinski definition) is 2. The van der Waals surface area contributed by atoms with E-state index in [1.165, 1.54) is 16.7 Å². The highest BCUT2D eigenvalue weighted by Crippen LogP contribution is 2.23. The summed E-state index contributed by atoms with van der Waals surface area (Å²) >= 11 is 4.42. The molecule has 2 aromatic carbocycles. The zero-order valence-electron chi connectivity index (χ0n) is 9.01. The minimum Gasteiger partial charge on any atom is -0.329 e. The first kappa shape index (κ1) is 11.2. The zero-order chi connectivity index (χ0) is 11.4. The molecule has 1 unspecified atom stereocenters. The first-order valence-electron chi connectivity index (χ1n) is 5.35. The van der Waals surface area contributed by atoms with E-state index in [1.54, 1.807) is 0 Å². The van der Waals surface area contributed by atoms with Gasteiger partial charge in [0.2, 0.25) is 0 Å². The highest BCUT2D eigenvalue weighted by Gasteiger charge is 2.03. The van der Waals surface area contributed by atoms with Gasteiger partial charge in [-0.1, -0.05) is 54.6 Å². The SMILES string of the molecule is NCC(S)c1ccc(-c2ccccc2)cc1. The molecule has 1 atom stereocenters. The van der Waals surface area contributed by atoms with Gasteiger partial charge in [-0.15, -0.1) is 0 Å². The van der Waals surface area contributed by atoms with E-state index in [0.29, 0.717) is 6.54 Å². The first-order valence-corrected chi connectivity index (χ1v) is 5.86. The largest absolute Gasteiger partial charge is 0.329 e. The van der Waals surface area contributed by atoms with Crippen LogP contribution in [0.1, 0.15) is 10.8 Å². The minimum atomic E-state index is 0.129. The van der Waals surface area contributed by atoms with E-state index < -0.39 is 0 Å². The second-order valence-corrected chi connectivity index (χ2v) is 4.36.